The number of hydrogen-bond acceptors (Lipinski definition) is 8. The van der Waals surface area contributed by atoms with Crippen LogP contribution in [-0.2, 0) is 66.1 Å². The SMILES string of the molecule is CCOC(=O)CN1CC2(Cc3ccc(OCc4ccc(CC)cc4Cl)cc3C2)C1.CCc1ccc(COc2ccc3c(c2)CC2(C3)CN(CC(=O)O)C2)c(Cl)c1.[Na+].[OH-]. The molecule has 0 unspecified atom stereocenters. The molecule has 0 radical (unpaired) electrons. The zero-order valence-electron chi connectivity index (χ0n) is 34.1. The van der Waals surface area contributed by atoms with E-state index in [9.17, 15) is 9.59 Å². The molecule has 4 aromatic carbocycles. The summed E-state index contributed by atoms with van der Waals surface area (Å²) in [5.74, 6) is 0.878. The summed E-state index contributed by atoms with van der Waals surface area (Å²) in [5.41, 5.74) is 10.4. The minimum absolute atomic E-state index is 0. The summed E-state index contributed by atoms with van der Waals surface area (Å²) in [4.78, 5) is 26.7. The van der Waals surface area contributed by atoms with Crippen molar-refractivity contribution in [3.8, 4) is 11.5 Å². The summed E-state index contributed by atoms with van der Waals surface area (Å²) in [6.07, 6.45) is 6.10. The minimum atomic E-state index is -0.748. The van der Waals surface area contributed by atoms with Crippen LogP contribution < -0.4 is 39.0 Å². The van der Waals surface area contributed by atoms with E-state index in [4.69, 9.17) is 42.5 Å². The van der Waals surface area contributed by atoms with Crippen molar-refractivity contribution >= 4 is 35.1 Å². The van der Waals surface area contributed by atoms with Crippen LogP contribution in [0, 0.1) is 10.8 Å². The maximum atomic E-state index is 11.7. The largest absolute Gasteiger partial charge is 1.00 e. The summed E-state index contributed by atoms with van der Waals surface area (Å²) in [6.45, 7) is 11.6. The predicted octanol–water partition coefficient (Wildman–Crippen LogP) is 5.24. The zero-order chi connectivity index (χ0) is 39.5. The van der Waals surface area contributed by atoms with Gasteiger partial charge >= 0.3 is 41.5 Å². The van der Waals surface area contributed by atoms with Gasteiger partial charge < -0.3 is 24.8 Å². The molecular weight excluding hydrogens is 786 g/mol. The third-order valence-corrected chi connectivity index (χ3v) is 12.4. The number of rotatable bonds is 13. The molecule has 12 heteroatoms. The molecule has 2 heterocycles. The van der Waals surface area contributed by atoms with Gasteiger partial charge in [-0.3, -0.25) is 19.4 Å². The molecule has 304 valence electrons. The maximum absolute atomic E-state index is 11.7. The first-order valence-corrected chi connectivity index (χ1v) is 20.6. The van der Waals surface area contributed by atoms with Crippen LogP contribution in [0.1, 0.15) is 65.3 Å². The standard InChI is InChI=1S/C24H28ClNO3.C22H24ClNO3.Na.H2O/c1-3-17-5-6-19(22(25)9-17)14-29-21-8-7-18-11-24(12-20(18)10-21)15-26(16-24)13-23(27)28-4-2;1-2-15-3-4-17(20(23)7-15)12-27-19-6-5-16-9-22(10-18(16)8-19)13-24(14-22)11-21(25)26;;/h5-10H,3-4,11-16H2,1-2H3;3-8H,2,9-14H2,1H3,(H,25,26);;1H2/q;;+1;/p-1. The van der Waals surface area contributed by atoms with Crippen molar-refractivity contribution in [2.75, 3.05) is 45.9 Å². The van der Waals surface area contributed by atoms with E-state index in [1.165, 1.54) is 33.4 Å². The fraction of sp³-hybridized carbons (Fsp3) is 0.435. The molecule has 0 atom stereocenters. The Bertz CT molecular complexity index is 2080. The Kier molecular flexibility index (Phi) is 15.8. The van der Waals surface area contributed by atoms with Crippen molar-refractivity contribution < 1.29 is 63.9 Å². The van der Waals surface area contributed by atoms with Crippen LogP contribution in [0.3, 0.4) is 0 Å². The van der Waals surface area contributed by atoms with Gasteiger partial charge in [0.05, 0.1) is 19.7 Å². The first kappa shape index (κ1) is 46.0. The fourth-order valence-electron chi connectivity index (χ4n) is 9.03. The van der Waals surface area contributed by atoms with E-state index in [-0.39, 0.29) is 58.4 Å². The number of nitrogens with zero attached hydrogens (tertiary/aromatic N) is 2. The number of ether oxygens (including phenoxy) is 3. The molecule has 2 aliphatic carbocycles. The Morgan fingerprint density at radius 1 is 0.638 bits per heavy atom. The molecule has 2 saturated heterocycles. The molecule has 0 aromatic heterocycles. The molecule has 0 saturated carbocycles. The second kappa shape index (κ2) is 20.0. The van der Waals surface area contributed by atoms with Crippen LogP contribution in [0.2, 0.25) is 10.0 Å². The Hall–Kier alpha value is -3.12. The monoisotopic (exact) mass is 838 g/mol. The number of benzene rings is 4. The van der Waals surface area contributed by atoms with Crippen LogP contribution >= 0.6 is 23.2 Å². The number of esters is 1. The molecule has 4 aromatic rings. The van der Waals surface area contributed by atoms with Crippen molar-refractivity contribution in [3.05, 3.63) is 127 Å². The van der Waals surface area contributed by atoms with Crippen molar-refractivity contribution in [3.63, 3.8) is 0 Å². The number of aliphatic carboxylic acids is 1. The number of aryl methyl sites for hydroxylation is 2. The smallest absolute Gasteiger partial charge is 0.870 e. The van der Waals surface area contributed by atoms with Crippen LogP contribution in [0.5, 0.6) is 11.5 Å². The third-order valence-electron chi connectivity index (χ3n) is 11.7. The molecule has 2 aliphatic heterocycles. The molecular formula is C46H53Cl2N2NaO7. The predicted molar refractivity (Wildman–Crippen MR) is 222 cm³/mol. The molecule has 2 spiro atoms. The van der Waals surface area contributed by atoms with Gasteiger partial charge in [-0.25, -0.2) is 0 Å². The summed E-state index contributed by atoms with van der Waals surface area (Å²) >= 11 is 12.7. The topological polar surface area (TPSA) is 119 Å². The summed E-state index contributed by atoms with van der Waals surface area (Å²) in [7, 11) is 0. The van der Waals surface area contributed by atoms with Crippen molar-refractivity contribution in [1.29, 1.82) is 0 Å². The van der Waals surface area contributed by atoms with Crippen molar-refractivity contribution in [2.45, 2.75) is 72.5 Å². The average molecular weight is 840 g/mol. The number of carboxylic acid groups (broad SMARTS) is 1. The molecule has 2 N–H and O–H groups in total. The first-order valence-electron chi connectivity index (χ1n) is 19.8. The quantitative estimate of drug-likeness (QED) is 0.143. The average Bonchev–Trinajstić information content (AvgIpc) is 3.72. The number of carbonyl (C=O) groups excluding carboxylic acids is 1. The second-order valence-corrected chi connectivity index (χ2v) is 17.0. The van der Waals surface area contributed by atoms with Gasteiger partial charge in [0.25, 0.3) is 0 Å². The van der Waals surface area contributed by atoms with Crippen LogP contribution in [0.4, 0.5) is 0 Å². The van der Waals surface area contributed by atoms with Crippen LogP contribution in [-0.4, -0.2) is 78.2 Å². The Labute approximate surface area is 374 Å². The summed E-state index contributed by atoms with van der Waals surface area (Å²) in [6, 6.07) is 25.1. The van der Waals surface area contributed by atoms with E-state index in [0.717, 1.165) is 97.4 Å². The molecule has 8 rings (SSSR count). The van der Waals surface area contributed by atoms with Gasteiger partial charge in [0.1, 0.15) is 24.7 Å². The van der Waals surface area contributed by atoms with E-state index >= 15 is 0 Å². The van der Waals surface area contributed by atoms with Gasteiger partial charge in [0.15, 0.2) is 0 Å². The number of hydrogen-bond donors (Lipinski definition) is 1. The van der Waals surface area contributed by atoms with Gasteiger partial charge in [0.2, 0.25) is 0 Å². The van der Waals surface area contributed by atoms with Gasteiger partial charge in [-0.2, -0.15) is 0 Å². The number of carboxylic acids is 1. The van der Waals surface area contributed by atoms with Crippen molar-refractivity contribution in [1.82, 2.24) is 9.80 Å². The molecule has 58 heavy (non-hydrogen) atoms. The van der Waals surface area contributed by atoms with E-state index in [1.54, 1.807) is 0 Å². The van der Waals surface area contributed by atoms with E-state index < -0.39 is 5.97 Å². The minimum Gasteiger partial charge on any atom is -0.870 e. The third kappa shape index (κ3) is 11.0. The van der Waals surface area contributed by atoms with E-state index in [1.807, 2.05) is 36.1 Å². The molecule has 2 fully saturated rings. The molecule has 9 nitrogen and oxygen atoms in total. The van der Waals surface area contributed by atoms with Gasteiger partial charge in [0, 0.05) is 58.2 Å². The number of likely N-dealkylation sites (tertiary alicyclic amines) is 2. The van der Waals surface area contributed by atoms with Gasteiger partial charge in [-0.1, -0.05) is 73.4 Å². The van der Waals surface area contributed by atoms with Crippen molar-refractivity contribution in [2.24, 2.45) is 10.8 Å². The zero-order valence-corrected chi connectivity index (χ0v) is 37.6. The van der Waals surface area contributed by atoms with E-state index in [0.29, 0.717) is 26.4 Å². The Balaban J connectivity index is 0.000000214. The number of carbonyl (C=O) groups is 2. The molecule has 0 amide bonds. The summed E-state index contributed by atoms with van der Waals surface area (Å²) in [5, 5.41) is 10.4. The second-order valence-electron chi connectivity index (χ2n) is 16.2. The fourth-order valence-corrected chi connectivity index (χ4v) is 9.55. The normalized spacial score (nSPS) is 16.7. The number of halogens is 2. The van der Waals surface area contributed by atoms with E-state index in [2.05, 4.69) is 67.3 Å². The Morgan fingerprint density at radius 2 is 1.07 bits per heavy atom. The van der Waals surface area contributed by atoms with Crippen LogP contribution in [0.25, 0.3) is 0 Å². The van der Waals surface area contributed by atoms with Crippen LogP contribution in [0.15, 0.2) is 72.8 Å². The van der Waals surface area contributed by atoms with Gasteiger partial charge in [-0.15, -0.1) is 0 Å². The first-order chi connectivity index (χ1) is 27.0. The maximum Gasteiger partial charge on any atom is 1.00 e. The van der Waals surface area contributed by atoms with Gasteiger partial charge in [-0.05, 0) is 115 Å². The summed E-state index contributed by atoms with van der Waals surface area (Å²) < 4.78 is 17.1. The Morgan fingerprint density at radius 3 is 1.47 bits per heavy atom. The number of fused-ring (bicyclic) bond motifs is 2. The molecule has 4 aliphatic rings. The molecule has 0 bridgehead atoms.